The minimum absolute atomic E-state index is 0.168. The van der Waals surface area contributed by atoms with E-state index in [0.717, 1.165) is 82.5 Å². The van der Waals surface area contributed by atoms with Crippen LogP contribution in [-0.2, 0) is 4.74 Å². The van der Waals surface area contributed by atoms with E-state index >= 15 is 0 Å². The van der Waals surface area contributed by atoms with Crippen molar-refractivity contribution in [2.45, 2.75) is 75.3 Å². The van der Waals surface area contributed by atoms with Gasteiger partial charge in [-0.15, -0.1) is 10.2 Å². The number of phenols is 1. The number of nitrogens with one attached hydrogen (secondary N) is 1. The Kier molecular flexibility index (Phi) is 7.26. The lowest BCUT2D eigenvalue weighted by molar-refractivity contribution is -0.103. The minimum atomic E-state index is 0.168. The number of aromatic hydroxyl groups is 1. The second-order valence-electron chi connectivity index (χ2n) is 11.8. The molecule has 6 heterocycles. The molecule has 4 aliphatic heterocycles. The van der Waals surface area contributed by atoms with Crippen LogP contribution in [0.15, 0.2) is 48.7 Å². The summed E-state index contributed by atoms with van der Waals surface area (Å²) in [6.07, 6.45) is 10.1. The lowest BCUT2D eigenvalue weighted by Crippen LogP contribution is -2.57. The first kappa shape index (κ1) is 26.3. The number of piperazine rings is 1. The number of nitrogen functional groups attached to an aromatic ring is 1. The van der Waals surface area contributed by atoms with Crippen molar-refractivity contribution in [2.24, 2.45) is 0 Å². The quantitative estimate of drug-likeness (QED) is 0.396. The highest BCUT2D eigenvalue weighted by Crippen LogP contribution is 2.39. The molecule has 5 aliphatic rings. The van der Waals surface area contributed by atoms with Gasteiger partial charge in [-0.3, -0.25) is 0 Å². The Hall–Kier alpha value is -3.63. The van der Waals surface area contributed by atoms with Crippen molar-refractivity contribution in [1.82, 2.24) is 20.5 Å². The number of piperidine rings is 1. The first-order chi connectivity index (χ1) is 20.1. The summed E-state index contributed by atoms with van der Waals surface area (Å²) in [5, 5.41) is 22.3. The van der Waals surface area contributed by atoms with E-state index in [1.807, 2.05) is 24.4 Å². The highest BCUT2D eigenvalue weighted by atomic mass is 16.5. The second kappa shape index (κ2) is 11.3. The maximum Gasteiger partial charge on any atom is 0.215 e. The van der Waals surface area contributed by atoms with Gasteiger partial charge < -0.3 is 35.4 Å². The number of phenolic OH excluding ortho intramolecular Hbond substituents is 1. The molecule has 1 saturated carbocycles. The highest BCUT2D eigenvalue weighted by Gasteiger charge is 2.38. The van der Waals surface area contributed by atoms with Gasteiger partial charge in [0, 0.05) is 61.5 Å². The van der Waals surface area contributed by atoms with E-state index in [1.165, 1.54) is 0 Å². The number of anilines is 3. The Balaban J connectivity index is 1.03. The zero-order valence-corrected chi connectivity index (χ0v) is 23.4. The van der Waals surface area contributed by atoms with Gasteiger partial charge in [0.15, 0.2) is 5.82 Å². The molecule has 3 aromatic rings. The Bertz CT molecular complexity index is 1360. The van der Waals surface area contributed by atoms with Crippen molar-refractivity contribution in [2.75, 3.05) is 41.7 Å². The largest absolute Gasteiger partial charge is 0.507 e. The monoisotopic (exact) mass is 557 g/mol. The summed E-state index contributed by atoms with van der Waals surface area (Å²) in [5.74, 6) is 1.30. The number of aromatic nitrogens is 3. The van der Waals surface area contributed by atoms with Gasteiger partial charge in [-0.2, -0.15) is 0 Å². The summed E-state index contributed by atoms with van der Waals surface area (Å²) in [4.78, 5) is 9.46. The third-order valence-corrected chi connectivity index (χ3v) is 9.12. The van der Waals surface area contributed by atoms with Crippen molar-refractivity contribution in [3.05, 3.63) is 48.7 Å². The molecule has 10 heteroatoms. The Morgan fingerprint density at radius 2 is 1.66 bits per heavy atom. The molecule has 4 saturated heterocycles. The molecule has 1 aliphatic carbocycles. The summed E-state index contributed by atoms with van der Waals surface area (Å²) in [7, 11) is 0. The Morgan fingerprint density at radius 3 is 2.49 bits per heavy atom. The third-order valence-electron chi connectivity index (χ3n) is 9.12. The molecule has 2 unspecified atom stereocenters. The van der Waals surface area contributed by atoms with Gasteiger partial charge in [0.2, 0.25) is 5.88 Å². The first-order valence-electron chi connectivity index (χ1n) is 15.0. The maximum absolute atomic E-state index is 10.4. The van der Waals surface area contributed by atoms with Crippen LogP contribution in [0, 0.1) is 0 Å². The van der Waals surface area contributed by atoms with Crippen LogP contribution in [0.4, 0.5) is 17.2 Å². The molecule has 4 N–H and O–H groups in total. The molecule has 8 rings (SSSR count). The van der Waals surface area contributed by atoms with Crippen molar-refractivity contribution < 1.29 is 14.6 Å². The van der Waals surface area contributed by atoms with Gasteiger partial charge in [-0.25, -0.2) is 4.98 Å². The van der Waals surface area contributed by atoms with Gasteiger partial charge in [0.25, 0.3) is 0 Å². The number of para-hydroxylation sites is 1. The van der Waals surface area contributed by atoms with E-state index in [2.05, 4.69) is 42.4 Å². The van der Waals surface area contributed by atoms with Crippen LogP contribution in [0.1, 0.15) is 44.9 Å². The lowest BCUT2D eigenvalue weighted by atomic mass is 9.91. The fraction of sp³-hybridized carbons (Fsp3) is 0.516. The summed E-state index contributed by atoms with van der Waals surface area (Å²) in [6.45, 7) is 3.83. The fourth-order valence-corrected chi connectivity index (χ4v) is 6.83. The molecule has 216 valence electrons. The lowest BCUT2D eigenvalue weighted by Gasteiger charge is -2.46. The van der Waals surface area contributed by atoms with Crippen molar-refractivity contribution in [3.63, 3.8) is 0 Å². The number of benzene rings is 1. The fourth-order valence-electron chi connectivity index (χ4n) is 6.83. The number of pyridine rings is 1. The minimum Gasteiger partial charge on any atom is -0.507 e. The standard InChI is InChI=1S/C31H39N7O3/c32-31-28(17-27(35-36-31)26-6-1-2-7-29(26)39)38-19-21-4-3-5-22(38)18-37(21)20-8-13-34-30(14-20)41-25-15-24(16-25)40-23-9-11-33-12-10-23/h1-2,6-8,13-14,17,21-25,33,39H,3-5,9-12,15-16,18-19H2,(H2,32,36)/t21?,22?,24-,25-. The molecule has 2 bridgehead atoms. The predicted octanol–water partition coefficient (Wildman–Crippen LogP) is 3.75. The number of rotatable bonds is 7. The van der Waals surface area contributed by atoms with E-state index in [0.29, 0.717) is 41.2 Å². The highest BCUT2D eigenvalue weighted by molar-refractivity contribution is 5.74. The third kappa shape index (κ3) is 5.50. The number of nitrogens with two attached hydrogens (primary N) is 1. The van der Waals surface area contributed by atoms with Crippen LogP contribution < -0.4 is 25.6 Å². The van der Waals surface area contributed by atoms with Crippen molar-refractivity contribution >= 4 is 17.2 Å². The smallest absolute Gasteiger partial charge is 0.215 e. The van der Waals surface area contributed by atoms with Crippen LogP contribution >= 0.6 is 0 Å². The van der Waals surface area contributed by atoms with Crippen LogP contribution in [0.2, 0.25) is 0 Å². The topological polar surface area (TPSA) is 122 Å². The number of hydrogen-bond donors (Lipinski definition) is 3. The van der Waals surface area contributed by atoms with Gasteiger partial charge in [0.05, 0.1) is 23.6 Å². The van der Waals surface area contributed by atoms with Gasteiger partial charge in [0.1, 0.15) is 11.9 Å². The normalized spacial score (nSPS) is 26.4. The van der Waals surface area contributed by atoms with Gasteiger partial charge in [-0.1, -0.05) is 12.1 Å². The van der Waals surface area contributed by atoms with E-state index in [1.54, 1.807) is 12.1 Å². The zero-order valence-electron chi connectivity index (χ0n) is 23.4. The number of hydrogen-bond acceptors (Lipinski definition) is 10. The first-order valence-corrected chi connectivity index (χ1v) is 15.0. The summed E-state index contributed by atoms with van der Waals surface area (Å²) < 4.78 is 12.6. The second-order valence-corrected chi connectivity index (χ2v) is 11.8. The van der Waals surface area contributed by atoms with Crippen molar-refractivity contribution in [1.29, 1.82) is 0 Å². The van der Waals surface area contributed by atoms with Gasteiger partial charge in [-0.05, 0) is 69.5 Å². The number of fused-ring (bicyclic) bond motifs is 4. The zero-order chi connectivity index (χ0) is 27.8. The Morgan fingerprint density at radius 1 is 0.878 bits per heavy atom. The van der Waals surface area contributed by atoms with Gasteiger partial charge >= 0.3 is 0 Å². The molecular weight excluding hydrogens is 518 g/mol. The van der Waals surface area contributed by atoms with Crippen LogP contribution in [-0.4, -0.2) is 76.9 Å². The molecule has 2 aromatic heterocycles. The maximum atomic E-state index is 10.4. The van der Waals surface area contributed by atoms with Crippen LogP contribution in [0.25, 0.3) is 11.3 Å². The molecule has 10 nitrogen and oxygen atoms in total. The number of ether oxygens (including phenoxy) is 2. The number of nitrogens with zero attached hydrogens (tertiary/aromatic N) is 5. The molecule has 0 radical (unpaired) electrons. The van der Waals surface area contributed by atoms with E-state index in [-0.39, 0.29) is 17.9 Å². The van der Waals surface area contributed by atoms with Crippen molar-refractivity contribution in [3.8, 4) is 22.9 Å². The Labute approximate surface area is 240 Å². The SMILES string of the molecule is Nc1nnc(-c2ccccc2O)cc1N1CC2CCCC1CN2c1ccnc(O[C@H]2C[C@H](OC3CCNCC3)C2)c1. The molecule has 1 aromatic carbocycles. The molecule has 41 heavy (non-hydrogen) atoms. The van der Waals surface area contributed by atoms with E-state index in [9.17, 15) is 5.11 Å². The van der Waals surface area contributed by atoms with Crippen LogP contribution in [0.5, 0.6) is 11.6 Å². The average Bonchev–Trinajstić information content (AvgIpc) is 3.32. The average molecular weight is 558 g/mol. The summed E-state index contributed by atoms with van der Waals surface area (Å²) in [6, 6.07) is 14.0. The molecular formula is C31H39N7O3. The van der Waals surface area contributed by atoms with E-state index < -0.39 is 0 Å². The summed E-state index contributed by atoms with van der Waals surface area (Å²) in [5.41, 5.74) is 9.71. The van der Waals surface area contributed by atoms with Crippen LogP contribution in [0.3, 0.4) is 0 Å². The molecule has 0 amide bonds. The van der Waals surface area contributed by atoms with E-state index in [4.69, 9.17) is 15.2 Å². The molecule has 0 spiro atoms. The predicted molar refractivity (Wildman–Crippen MR) is 158 cm³/mol. The summed E-state index contributed by atoms with van der Waals surface area (Å²) >= 11 is 0. The molecule has 2 atom stereocenters. The molecule has 5 fully saturated rings.